The number of hydrogen-bond donors (Lipinski definition) is 1. The molecule has 0 aromatic heterocycles. The summed E-state index contributed by atoms with van der Waals surface area (Å²) in [7, 11) is 1.19. The Morgan fingerprint density at radius 1 is 0.896 bits per heavy atom. The monoisotopic (exact) mass is 714 g/mol. The molecule has 1 saturated carbocycles. The van der Waals surface area contributed by atoms with Crippen molar-refractivity contribution in [2.24, 2.45) is 23.7 Å². The molecular weight excluding hydrogens is 693 g/mol. The second-order valence-corrected chi connectivity index (χ2v) is 13.8. The third kappa shape index (κ3) is 4.37. The van der Waals surface area contributed by atoms with E-state index in [1.54, 1.807) is 6.08 Å². The number of carbonyl (C=O) groups excluding carboxylic acids is 4. The number of anilines is 1. The Bertz CT molecular complexity index is 1880. The average molecular weight is 715 g/mol. The predicted molar refractivity (Wildman–Crippen MR) is 156 cm³/mol. The number of halogens is 8. The zero-order valence-corrected chi connectivity index (χ0v) is 26.0. The number of ether oxygens (including phenoxy) is 1. The van der Waals surface area contributed by atoms with Gasteiger partial charge in [-0.2, -0.15) is 26.3 Å². The van der Waals surface area contributed by atoms with Gasteiger partial charge in [0.2, 0.25) is 11.8 Å². The van der Waals surface area contributed by atoms with E-state index in [1.165, 1.54) is 31.5 Å². The van der Waals surface area contributed by atoms with Crippen molar-refractivity contribution in [2.45, 2.75) is 41.4 Å². The lowest BCUT2D eigenvalue weighted by Crippen LogP contribution is -2.61. The van der Waals surface area contributed by atoms with Crippen molar-refractivity contribution in [1.82, 2.24) is 4.90 Å². The van der Waals surface area contributed by atoms with E-state index in [0.29, 0.717) is 39.5 Å². The van der Waals surface area contributed by atoms with Gasteiger partial charge in [-0.05, 0) is 60.7 Å². The number of phenols is 1. The molecule has 0 bridgehead atoms. The third-order valence-electron chi connectivity index (χ3n) is 9.99. The normalized spacial score (nSPS) is 31.5. The van der Waals surface area contributed by atoms with Crippen LogP contribution in [0.1, 0.15) is 29.5 Å². The summed E-state index contributed by atoms with van der Waals surface area (Å²) in [5.74, 6) is -8.39. The zero-order chi connectivity index (χ0) is 34.9. The summed E-state index contributed by atoms with van der Waals surface area (Å²) in [5, 5.41) is 10.1. The first kappa shape index (κ1) is 32.5. The molecule has 16 heteroatoms. The Kier molecular flexibility index (Phi) is 6.93. The second kappa shape index (κ2) is 10.2. The molecular formula is C32H22Cl2F6N2O6. The standard InChI is InChI=1S/C32H22Cl2F6N2O6/c1-41-27(46)29(33)11-21-19(24(30(29,34)28(41)47)14-6-13-7-18(43)2-5-22(13)48-12-14)3-4-20-23(21)26(45)42(25(20)44)17-9-15(31(35,36)37)8-16(10-17)32(38,39)40/h2-3,5,7-10,12,20-21,23-24,43H,4,6,11H2,1H3/t20-,21+,23-,24-,29+,30-/m0/s1. The van der Waals surface area contributed by atoms with Crippen LogP contribution in [0.3, 0.4) is 0 Å². The summed E-state index contributed by atoms with van der Waals surface area (Å²) in [6.07, 6.45) is -8.14. The maximum atomic E-state index is 14.1. The minimum atomic E-state index is -5.23. The fourth-order valence-electron chi connectivity index (χ4n) is 7.88. The largest absolute Gasteiger partial charge is 0.508 e. The van der Waals surface area contributed by atoms with Crippen LogP contribution in [0.5, 0.6) is 11.5 Å². The van der Waals surface area contributed by atoms with Crippen molar-refractivity contribution in [2.75, 3.05) is 11.9 Å². The summed E-state index contributed by atoms with van der Waals surface area (Å²) in [6, 6.07) is 4.84. The Morgan fingerprint density at radius 3 is 2.17 bits per heavy atom. The van der Waals surface area contributed by atoms with E-state index in [4.69, 9.17) is 27.9 Å². The Labute approximate surface area is 277 Å². The van der Waals surface area contributed by atoms with Crippen LogP contribution in [-0.2, 0) is 38.0 Å². The van der Waals surface area contributed by atoms with E-state index in [0.717, 1.165) is 4.90 Å². The van der Waals surface area contributed by atoms with Crippen molar-refractivity contribution in [3.8, 4) is 11.5 Å². The molecule has 0 radical (unpaired) electrons. The predicted octanol–water partition coefficient (Wildman–Crippen LogP) is 5.97. The molecule has 6 atom stereocenters. The van der Waals surface area contributed by atoms with Gasteiger partial charge in [-0.3, -0.25) is 24.1 Å². The first-order valence-corrected chi connectivity index (χ1v) is 15.3. The maximum Gasteiger partial charge on any atom is 0.416 e. The first-order valence-electron chi connectivity index (χ1n) is 14.5. The summed E-state index contributed by atoms with van der Waals surface area (Å²) < 4.78 is 87.9. The van der Waals surface area contributed by atoms with E-state index < -0.39 is 92.6 Å². The van der Waals surface area contributed by atoms with Crippen LogP contribution in [0.25, 0.3) is 0 Å². The van der Waals surface area contributed by atoms with Gasteiger partial charge in [0.05, 0.1) is 34.9 Å². The van der Waals surface area contributed by atoms with Crippen molar-refractivity contribution in [1.29, 1.82) is 0 Å². The summed E-state index contributed by atoms with van der Waals surface area (Å²) >= 11 is 14.2. The molecule has 3 heterocycles. The van der Waals surface area contributed by atoms with E-state index in [1.807, 2.05) is 0 Å². The van der Waals surface area contributed by atoms with Crippen LogP contribution in [0.2, 0.25) is 0 Å². The van der Waals surface area contributed by atoms with Crippen molar-refractivity contribution < 1.29 is 55.4 Å². The first-order chi connectivity index (χ1) is 22.3. The lowest BCUT2D eigenvalue weighted by atomic mass is 9.56. The van der Waals surface area contributed by atoms with Crippen LogP contribution in [0.15, 0.2) is 59.9 Å². The quantitative estimate of drug-likeness (QED) is 0.178. The molecule has 2 saturated heterocycles. The molecule has 3 aliphatic heterocycles. The molecule has 2 aromatic rings. The number of amides is 4. The number of aromatic hydroxyl groups is 1. The van der Waals surface area contributed by atoms with Gasteiger partial charge in [-0.1, -0.05) is 11.6 Å². The highest BCUT2D eigenvalue weighted by molar-refractivity contribution is 6.53. The minimum absolute atomic E-state index is 0.0582. The Hall–Kier alpha value is -4.04. The molecule has 4 amide bonds. The number of fused-ring (bicyclic) bond motifs is 5. The summed E-state index contributed by atoms with van der Waals surface area (Å²) in [5.41, 5.74) is -3.13. The van der Waals surface area contributed by atoms with Gasteiger partial charge in [0, 0.05) is 24.9 Å². The number of carbonyl (C=O) groups is 4. The van der Waals surface area contributed by atoms with Crippen LogP contribution < -0.4 is 9.64 Å². The number of phenolic OH excluding ortho intramolecular Hbond substituents is 1. The number of hydrogen-bond acceptors (Lipinski definition) is 6. The number of rotatable bonds is 2. The van der Waals surface area contributed by atoms with Crippen molar-refractivity contribution in [3.05, 3.63) is 76.6 Å². The van der Waals surface area contributed by atoms with Gasteiger partial charge >= 0.3 is 12.4 Å². The Balaban J connectivity index is 1.35. The lowest BCUT2D eigenvalue weighted by Gasteiger charge is -2.51. The topological polar surface area (TPSA) is 104 Å². The molecule has 0 unspecified atom stereocenters. The fourth-order valence-corrected chi connectivity index (χ4v) is 8.91. The van der Waals surface area contributed by atoms with Crippen LogP contribution in [-0.4, -0.2) is 50.4 Å². The fraction of sp³-hybridized carbons (Fsp3) is 0.375. The molecule has 5 aliphatic rings. The van der Waals surface area contributed by atoms with E-state index in [2.05, 4.69) is 0 Å². The summed E-state index contributed by atoms with van der Waals surface area (Å²) in [4.78, 5) is 52.0. The van der Waals surface area contributed by atoms with E-state index in [-0.39, 0.29) is 24.7 Å². The van der Waals surface area contributed by atoms with Gasteiger partial charge in [-0.25, -0.2) is 4.90 Å². The van der Waals surface area contributed by atoms with Crippen molar-refractivity contribution in [3.63, 3.8) is 0 Å². The smallest absolute Gasteiger partial charge is 0.416 e. The van der Waals surface area contributed by atoms with Gasteiger partial charge in [-0.15, -0.1) is 23.2 Å². The highest BCUT2D eigenvalue weighted by atomic mass is 35.5. The van der Waals surface area contributed by atoms with Crippen molar-refractivity contribution >= 4 is 52.5 Å². The van der Waals surface area contributed by atoms with Crippen LogP contribution in [0.4, 0.5) is 32.0 Å². The molecule has 2 aromatic carbocycles. The highest BCUT2D eigenvalue weighted by Gasteiger charge is 2.76. The average Bonchev–Trinajstić information content (AvgIpc) is 3.34. The number of alkyl halides is 8. The number of nitrogens with zero attached hydrogens (tertiary/aromatic N) is 2. The number of allylic oxidation sites excluding steroid dienone is 3. The lowest BCUT2D eigenvalue weighted by molar-refractivity contribution is -0.143. The van der Waals surface area contributed by atoms with Gasteiger partial charge in [0.1, 0.15) is 11.5 Å². The highest BCUT2D eigenvalue weighted by Crippen LogP contribution is 2.64. The minimum Gasteiger partial charge on any atom is -0.508 e. The van der Waals surface area contributed by atoms with Crippen LogP contribution >= 0.6 is 23.2 Å². The van der Waals surface area contributed by atoms with Crippen LogP contribution in [0, 0.1) is 23.7 Å². The summed E-state index contributed by atoms with van der Waals surface area (Å²) in [6.45, 7) is 0. The van der Waals surface area contributed by atoms with E-state index >= 15 is 0 Å². The molecule has 48 heavy (non-hydrogen) atoms. The molecule has 0 spiro atoms. The third-order valence-corrected chi connectivity index (χ3v) is 11.4. The number of benzene rings is 2. The molecule has 2 aliphatic carbocycles. The Morgan fingerprint density at radius 2 is 1.54 bits per heavy atom. The molecule has 1 N–H and O–H groups in total. The zero-order valence-electron chi connectivity index (χ0n) is 24.5. The van der Waals surface area contributed by atoms with Gasteiger partial charge in [0.15, 0.2) is 9.75 Å². The molecule has 8 nitrogen and oxygen atoms in total. The molecule has 3 fully saturated rings. The number of likely N-dealkylation sites (tertiary alicyclic amines) is 1. The van der Waals surface area contributed by atoms with Gasteiger partial charge < -0.3 is 9.84 Å². The second-order valence-electron chi connectivity index (χ2n) is 12.6. The maximum absolute atomic E-state index is 14.1. The SMILES string of the molecule is CN1C(=O)[C@]2(Cl)C[C@@H]3C(=CC[C@@H]4C(=O)N(c5cc(C(F)(F)F)cc(C(F)(F)F)c5)C(=O)[C@@H]43)[C@H](C3=COc4ccc(O)cc4C3)[C@]2(Cl)C1=O. The molecule has 252 valence electrons. The van der Waals surface area contributed by atoms with E-state index in [9.17, 15) is 50.6 Å². The molecule has 7 rings (SSSR count). The van der Waals surface area contributed by atoms with Gasteiger partial charge in [0.25, 0.3) is 11.8 Å². The number of imide groups is 2.